The number of benzene rings is 2. The van der Waals surface area contributed by atoms with E-state index in [0.717, 1.165) is 6.08 Å². The Morgan fingerprint density at radius 1 is 1.00 bits per heavy atom. The second-order valence-corrected chi connectivity index (χ2v) is 4.99. The molecular formula is C18H16O6. The minimum Gasteiger partial charge on any atom is -0.507 e. The SMILES string of the molecule is COC(=O)/C=C(/C(=O)OC)c1cc(C(C)=O)c(O)c2ccccc12. The van der Waals surface area contributed by atoms with Gasteiger partial charge in [0.05, 0.1) is 25.4 Å². The van der Waals surface area contributed by atoms with Gasteiger partial charge in [-0.15, -0.1) is 0 Å². The fourth-order valence-electron chi connectivity index (χ4n) is 2.38. The van der Waals surface area contributed by atoms with Crippen molar-refractivity contribution >= 4 is 34.1 Å². The van der Waals surface area contributed by atoms with Gasteiger partial charge in [0.15, 0.2) is 5.78 Å². The van der Waals surface area contributed by atoms with Crippen LogP contribution in [0.5, 0.6) is 5.75 Å². The first-order valence-electron chi connectivity index (χ1n) is 7.04. The number of phenolic OH excluding ortho intramolecular Hbond substituents is 1. The first-order chi connectivity index (χ1) is 11.4. The number of hydrogen-bond acceptors (Lipinski definition) is 6. The van der Waals surface area contributed by atoms with E-state index >= 15 is 0 Å². The number of ketones is 1. The smallest absolute Gasteiger partial charge is 0.338 e. The Kier molecular flexibility index (Phi) is 4.99. The van der Waals surface area contributed by atoms with Crippen LogP contribution in [0.25, 0.3) is 16.3 Å². The molecule has 2 aromatic rings. The highest BCUT2D eigenvalue weighted by molar-refractivity contribution is 6.24. The normalized spacial score (nSPS) is 11.2. The van der Waals surface area contributed by atoms with Gasteiger partial charge in [0.2, 0.25) is 0 Å². The third-order valence-electron chi connectivity index (χ3n) is 3.55. The minimum atomic E-state index is -0.759. The summed E-state index contributed by atoms with van der Waals surface area (Å²) in [5.74, 6) is -2.05. The summed E-state index contributed by atoms with van der Waals surface area (Å²) in [4.78, 5) is 35.6. The molecule has 0 aliphatic heterocycles. The van der Waals surface area contributed by atoms with Crippen molar-refractivity contribution in [2.45, 2.75) is 6.92 Å². The molecule has 0 aromatic heterocycles. The largest absolute Gasteiger partial charge is 0.507 e. The Hall–Kier alpha value is -3.15. The molecule has 0 aliphatic carbocycles. The van der Waals surface area contributed by atoms with Crippen molar-refractivity contribution in [3.05, 3.63) is 47.5 Å². The summed E-state index contributed by atoms with van der Waals surface area (Å²) >= 11 is 0. The summed E-state index contributed by atoms with van der Waals surface area (Å²) in [6.45, 7) is 1.30. The third-order valence-corrected chi connectivity index (χ3v) is 3.55. The fourth-order valence-corrected chi connectivity index (χ4v) is 2.38. The maximum absolute atomic E-state index is 12.1. The van der Waals surface area contributed by atoms with Crippen LogP contribution in [0.15, 0.2) is 36.4 Å². The van der Waals surface area contributed by atoms with Gasteiger partial charge in [0, 0.05) is 11.5 Å². The number of Topliss-reactive ketones (excluding diaryl/α,β-unsaturated/α-hetero) is 1. The zero-order valence-corrected chi connectivity index (χ0v) is 13.5. The van der Waals surface area contributed by atoms with Gasteiger partial charge >= 0.3 is 11.9 Å². The maximum Gasteiger partial charge on any atom is 0.338 e. The van der Waals surface area contributed by atoms with Gasteiger partial charge in [-0.25, -0.2) is 9.59 Å². The van der Waals surface area contributed by atoms with Crippen molar-refractivity contribution in [1.82, 2.24) is 0 Å². The molecule has 0 fully saturated rings. The van der Waals surface area contributed by atoms with Gasteiger partial charge in [-0.3, -0.25) is 4.79 Å². The number of ether oxygens (including phenoxy) is 2. The molecule has 0 aliphatic rings. The number of esters is 2. The summed E-state index contributed by atoms with van der Waals surface area (Å²) in [5, 5.41) is 11.2. The lowest BCUT2D eigenvalue weighted by atomic mass is 9.93. The maximum atomic E-state index is 12.1. The molecule has 1 N–H and O–H groups in total. The zero-order valence-electron chi connectivity index (χ0n) is 13.5. The molecule has 2 aromatic carbocycles. The number of carbonyl (C=O) groups excluding carboxylic acids is 3. The lowest BCUT2D eigenvalue weighted by molar-refractivity contribution is -0.136. The van der Waals surface area contributed by atoms with Crippen molar-refractivity contribution in [1.29, 1.82) is 0 Å². The molecule has 0 saturated heterocycles. The van der Waals surface area contributed by atoms with Gasteiger partial charge < -0.3 is 14.6 Å². The number of carbonyl (C=O) groups is 3. The van der Waals surface area contributed by atoms with E-state index in [9.17, 15) is 19.5 Å². The number of rotatable bonds is 4. The highest BCUT2D eigenvalue weighted by Gasteiger charge is 2.21. The Bertz CT molecular complexity index is 863. The molecule has 0 bridgehead atoms. The highest BCUT2D eigenvalue weighted by Crippen LogP contribution is 2.35. The molecule has 124 valence electrons. The van der Waals surface area contributed by atoms with E-state index in [1.807, 2.05) is 0 Å². The first-order valence-corrected chi connectivity index (χ1v) is 7.04. The first kappa shape index (κ1) is 17.2. The van der Waals surface area contributed by atoms with Crippen LogP contribution in [0.4, 0.5) is 0 Å². The summed E-state index contributed by atoms with van der Waals surface area (Å²) in [7, 11) is 2.37. The molecule has 0 amide bonds. The Morgan fingerprint density at radius 3 is 2.17 bits per heavy atom. The van der Waals surface area contributed by atoms with Crippen molar-refractivity contribution in [2.75, 3.05) is 14.2 Å². The van der Waals surface area contributed by atoms with Gasteiger partial charge in [0.1, 0.15) is 5.75 Å². The molecule has 0 radical (unpaired) electrons. The van der Waals surface area contributed by atoms with Gasteiger partial charge in [-0.05, 0) is 23.9 Å². The standard InChI is InChI=1S/C18H16O6/c1-10(19)13-8-14(11-6-4-5-7-12(11)17(13)21)15(18(22)24-3)9-16(20)23-2/h4-9,21H,1-3H3/b15-9+. The lowest BCUT2D eigenvalue weighted by Gasteiger charge is -2.13. The van der Waals surface area contributed by atoms with E-state index in [1.54, 1.807) is 24.3 Å². The average molecular weight is 328 g/mol. The van der Waals surface area contributed by atoms with Crippen LogP contribution in [0.3, 0.4) is 0 Å². The lowest BCUT2D eigenvalue weighted by Crippen LogP contribution is -2.09. The topological polar surface area (TPSA) is 89.9 Å². The third kappa shape index (κ3) is 3.12. The number of methoxy groups -OCH3 is 2. The number of fused-ring (bicyclic) bond motifs is 1. The van der Waals surface area contributed by atoms with E-state index in [2.05, 4.69) is 4.74 Å². The Balaban J connectivity index is 2.89. The van der Waals surface area contributed by atoms with Crippen molar-refractivity contribution in [3.63, 3.8) is 0 Å². The second-order valence-electron chi connectivity index (χ2n) is 4.99. The van der Waals surface area contributed by atoms with Gasteiger partial charge in [-0.1, -0.05) is 24.3 Å². The van der Waals surface area contributed by atoms with E-state index in [-0.39, 0.29) is 22.7 Å². The predicted molar refractivity (Wildman–Crippen MR) is 87.6 cm³/mol. The summed E-state index contributed by atoms with van der Waals surface area (Å²) in [5.41, 5.74) is 0.275. The number of hydrogen-bond donors (Lipinski definition) is 1. The number of phenols is 1. The van der Waals surface area contributed by atoms with Crippen molar-refractivity contribution < 1.29 is 29.0 Å². The van der Waals surface area contributed by atoms with E-state index in [4.69, 9.17) is 4.74 Å². The quantitative estimate of drug-likeness (QED) is 0.527. The summed E-state index contributed by atoms with van der Waals surface area (Å²) in [6, 6.07) is 8.06. The minimum absolute atomic E-state index is 0.0448. The molecule has 6 nitrogen and oxygen atoms in total. The number of aromatic hydroxyl groups is 1. The molecule has 2 rings (SSSR count). The highest BCUT2D eigenvalue weighted by atomic mass is 16.5. The van der Waals surface area contributed by atoms with Crippen LogP contribution in [0, 0.1) is 0 Å². The van der Waals surface area contributed by atoms with E-state index in [1.165, 1.54) is 27.2 Å². The van der Waals surface area contributed by atoms with Crippen LogP contribution < -0.4 is 0 Å². The molecule has 0 heterocycles. The van der Waals surface area contributed by atoms with Crippen molar-refractivity contribution in [2.24, 2.45) is 0 Å². The van der Waals surface area contributed by atoms with Gasteiger partial charge in [-0.2, -0.15) is 0 Å². The summed E-state index contributed by atoms with van der Waals surface area (Å²) < 4.78 is 9.30. The summed E-state index contributed by atoms with van der Waals surface area (Å²) in [6.07, 6.45) is 0.995. The molecule has 6 heteroatoms. The van der Waals surface area contributed by atoms with Crippen LogP contribution in [0.2, 0.25) is 0 Å². The van der Waals surface area contributed by atoms with Crippen LogP contribution in [-0.2, 0) is 19.1 Å². The molecule has 0 unspecified atom stereocenters. The predicted octanol–water partition coefficient (Wildman–Crippen LogP) is 2.48. The van der Waals surface area contributed by atoms with E-state index in [0.29, 0.717) is 16.3 Å². The zero-order chi connectivity index (χ0) is 17.9. The second kappa shape index (κ2) is 6.95. The Labute approximate surface area is 138 Å². The van der Waals surface area contributed by atoms with Crippen LogP contribution >= 0.6 is 0 Å². The van der Waals surface area contributed by atoms with Gasteiger partial charge in [0.25, 0.3) is 0 Å². The Morgan fingerprint density at radius 2 is 1.62 bits per heavy atom. The van der Waals surface area contributed by atoms with Crippen LogP contribution in [-0.4, -0.2) is 37.0 Å². The average Bonchev–Trinajstić information content (AvgIpc) is 2.59. The van der Waals surface area contributed by atoms with Crippen LogP contribution in [0.1, 0.15) is 22.8 Å². The molecule has 24 heavy (non-hydrogen) atoms. The molecule has 0 atom stereocenters. The van der Waals surface area contributed by atoms with Crippen molar-refractivity contribution in [3.8, 4) is 5.75 Å². The molecule has 0 spiro atoms. The molecular weight excluding hydrogens is 312 g/mol. The fraction of sp³-hybridized carbons (Fsp3) is 0.167. The molecule has 0 saturated carbocycles. The van der Waals surface area contributed by atoms with E-state index < -0.39 is 11.9 Å². The monoisotopic (exact) mass is 328 g/mol.